The predicted molar refractivity (Wildman–Crippen MR) is 81.0 cm³/mol. The minimum absolute atomic E-state index is 0.0117. The second-order valence-corrected chi connectivity index (χ2v) is 4.53. The van der Waals surface area contributed by atoms with E-state index in [-0.39, 0.29) is 11.4 Å². The van der Waals surface area contributed by atoms with Crippen molar-refractivity contribution in [3.63, 3.8) is 0 Å². The van der Waals surface area contributed by atoms with E-state index >= 15 is 0 Å². The van der Waals surface area contributed by atoms with E-state index in [4.69, 9.17) is 10.5 Å². The van der Waals surface area contributed by atoms with Crippen LogP contribution in [0, 0.1) is 5.82 Å². The third-order valence-electron chi connectivity index (χ3n) is 2.85. The van der Waals surface area contributed by atoms with Crippen LogP contribution in [0.5, 0.6) is 5.75 Å². The quantitative estimate of drug-likeness (QED) is 0.828. The molecule has 0 unspecified atom stereocenters. The summed E-state index contributed by atoms with van der Waals surface area (Å²) in [7, 11) is 0. The molecule has 0 aliphatic carbocycles. The Bertz CT molecular complexity index is 624. The maximum Gasteiger partial charge on any atom is 0.255 e. The molecule has 1 amide bonds. The lowest BCUT2D eigenvalue weighted by Crippen LogP contribution is -2.14. The van der Waals surface area contributed by atoms with Crippen LogP contribution in [0.15, 0.2) is 42.5 Å². The second kappa shape index (κ2) is 6.74. The van der Waals surface area contributed by atoms with E-state index in [9.17, 15) is 9.18 Å². The van der Waals surface area contributed by atoms with E-state index in [1.54, 1.807) is 24.3 Å². The molecule has 0 fully saturated rings. The van der Waals surface area contributed by atoms with Gasteiger partial charge in [-0.2, -0.15) is 0 Å². The Labute approximate surface area is 122 Å². The number of benzene rings is 2. The van der Waals surface area contributed by atoms with Crippen molar-refractivity contribution >= 4 is 17.3 Å². The van der Waals surface area contributed by atoms with Gasteiger partial charge in [0.1, 0.15) is 17.3 Å². The summed E-state index contributed by atoms with van der Waals surface area (Å²) in [6.07, 6.45) is 0.877. The van der Waals surface area contributed by atoms with Crippen molar-refractivity contribution in [2.75, 3.05) is 17.7 Å². The van der Waals surface area contributed by atoms with Crippen LogP contribution in [0.1, 0.15) is 23.7 Å². The molecule has 0 bridgehead atoms. The van der Waals surface area contributed by atoms with Crippen molar-refractivity contribution < 1.29 is 13.9 Å². The Kier molecular flexibility index (Phi) is 4.77. The number of para-hydroxylation sites is 1. The lowest BCUT2D eigenvalue weighted by Gasteiger charge is -2.10. The maximum atomic E-state index is 13.7. The topological polar surface area (TPSA) is 64.3 Å². The van der Waals surface area contributed by atoms with Crippen LogP contribution >= 0.6 is 0 Å². The largest absolute Gasteiger partial charge is 0.494 e. The molecular formula is C16H17FN2O2. The molecule has 2 aromatic carbocycles. The van der Waals surface area contributed by atoms with Gasteiger partial charge < -0.3 is 15.8 Å². The second-order valence-electron chi connectivity index (χ2n) is 4.53. The number of nitrogen functional groups attached to an aromatic ring is 1. The van der Waals surface area contributed by atoms with E-state index in [2.05, 4.69) is 5.32 Å². The summed E-state index contributed by atoms with van der Waals surface area (Å²) in [5.41, 5.74) is 6.22. The smallest absolute Gasteiger partial charge is 0.255 e. The molecule has 5 heteroatoms. The summed E-state index contributed by atoms with van der Waals surface area (Å²) in [5, 5.41) is 2.48. The van der Waals surface area contributed by atoms with Crippen molar-refractivity contribution in [2.45, 2.75) is 13.3 Å². The molecule has 0 spiro atoms. The van der Waals surface area contributed by atoms with Gasteiger partial charge in [0.15, 0.2) is 0 Å². The van der Waals surface area contributed by atoms with Crippen molar-refractivity contribution in [3.05, 3.63) is 53.8 Å². The third-order valence-corrected chi connectivity index (χ3v) is 2.85. The summed E-state index contributed by atoms with van der Waals surface area (Å²) in [6.45, 7) is 2.57. The SMILES string of the molecule is CCCOc1cccc(C(=O)Nc2c(N)cccc2F)c1. The number of nitrogens with one attached hydrogen (secondary N) is 1. The first-order valence-electron chi connectivity index (χ1n) is 6.70. The van der Waals surface area contributed by atoms with Crippen LogP contribution in [0.2, 0.25) is 0 Å². The fourth-order valence-corrected chi connectivity index (χ4v) is 1.81. The fraction of sp³-hybridized carbons (Fsp3) is 0.188. The minimum Gasteiger partial charge on any atom is -0.494 e. The molecule has 2 rings (SSSR count). The van der Waals surface area contributed by atoms with Crippen molar-refractivity contribution in [2.24, 2.45) is 0 Å². The lowest BCUT2D eigenvalue weighted by atomic mass is 10.2. The monoisotopic (exact) mass is 288 g/mol. The molecule has 110 valence electrons. The first-order chi connectivity index (χ1) is 10.1. The Hall–Kier alpha value is -2.56. The van der Waals surface area contributed by atoms with Crippen LogP contribution in [0.4, 0.5) is 15.8 Å². The van der Waals surface area contributed by atoms with E-state index in [1.807, 2.05) is 6.92 Å². The van der Waals surface area contributed by atoms with Gasteiger partial charge in [-0.25, -0.2) is 4.39 Å². The van der Waals surface area contributed by atoms with Crippen LogP contribution in [0.3, 0.4) is 0 Å². The van der Waals surface area contributed by atoms with Gasteiger partial charge in [-0.1, -0.05) is 19.1 Å². The maximum absolute atomic E-state index is 13.7. The number of carbonyl (C=O) groups excluding carboxylic acids is 1. The molecule has 3 N–H and O–H groups in total. The zero-order chi connectivity index (χ0) is 15.2. The van der Waals surface area contributed by atoms with E-state index in [0.717, 1.165) is 6.42 Å². The van der Waals surface area contributed by atoms with Gasteiger partial charge in [-0.05, 0) is 36.8 Å². The molecule has 0 aromatic heterocycles. The summed E-state index contributed by atoms with van der Waals surface area (Å²) in [6, 6.07) is 11.0. The number of ether oxygens (including phenoxy) is 1. The van der Waals surface area contributed by atoms with Crippen LogP contribution in [-0.2, 0) is 0 Å². The average molecular weight is 288 g/mol. The normalized spacial score (nSPS) is 10.2. The summed E-state index contributed by atoms with van der Waals surface area (Å²) in [5.74, 6) is -0.401. The zero-order valence-electron chi connectivity index (χ0n) is 11.7. The Morgan fingerprint density at radius 2 is 2.05 bits per heavy atom. The standard InChI is InChI=1S/C16H17FN2O2/c1-2-9-21-12-6-3-5-11(10-12)16(20)19-15-13(17)7-4-8-14(15)18/h3-8,10H,2,9,18H2,1H3,(H,19,20). The van der Waals surface area contributed by atoms with Crippen LogP contribution in [-0.4, -0.2) is 12.5 Å². The van der Waals surface area contributed by atoms with Crippen molar-refractivity contribution in [1.29, 1.82) is 0 Å². The van der Waals surface area contributed by atoms with E-state index in [0.29, 0.717) is 17.9 Å². The number of amides is 1. The number of hydrogen-bond donors (Lipinski definition) is 2. The minimum atomic E-state index is -0.568. The molecule has 0 aliphatic rings. The lowest BCUT2D eigenvalue weighted by molar-refractivity contribution is 0.102. The van der Waals surface area contributed by atoms with Gasteiger partial charge in [0, 0.05) is 5.56 Å². The van der Waals surface area contributed by atoms with Gasteiger partial charge >= 0.3 is 0 Å². The number of carbonyl (C=O) groups is 1. The van der Waals surface area contributed by atoms with Gasteiger partial charge in [0.05, 0.1) is 12.3 Å². The number of halogens is 1. The predicted octanol–water partition coefficient (Wildman–Crippen LogP) is 3.45. The first-order valence-corrected chi connectivity index (χ1v) is 6.70. The van der Waals surface area contributed by atoms with Gasteiger partial charge in [0.25, 0.3) is 5.91 Å². The molecule has 2 aromatic rings. The van der Waals surface area contributed by atoms with Gasteiger partial charge in [0.2, 0.25) is 0 Å². The van der Waals surface area contributed by atoms with Crippen molar-refractivity contribution in [1.82, 2.24) is 0 Å². The zero-order valence-corrected chi connectivity index (χ0v) is 11.7. The number of hydrogen-bond acceptors (Lipinski definition) is 3. The van der Waals surface area contributed by atoms with E-state index in [1.165, 1.54) is 18.2 Å². The molecule has 0 heterocycles. The summed E-state index contributed by atoms with van der Waals surface area (Å²) in [4.78, 5) is 12.2. The third kappa shape index (κ3) is 3.72. The number of rotatable bonds is 5. The first kappa shape index (κ1) is 14.8. The van der Waals surface area contributed by atoms with Crippen LogP contribution in [0.25, 0.3) is 0 Å². The molecule has 0 atom stereocenters. The van der Waals surface area contributed by atoms with Crippen molar-refractivity contribution in [3.8, 4) is 5.75 Å². The molecule has 4 nitrogen and oxygen atoms in total. The molecule has 0 saturated heterocycles. The van der Waals surface area contributed by atoms with E-state index < -0.39 is 11.7 Å². The number of anilines is 2. The highest BCUT2D eigenvalue weighted by Crippen LogP contribution is 2.23. The Morgan fingerprint density at radius 3 is 2.76 bits per heavy atom. The Balaban J connectivity index is 2.17. The highest BCUT2D eigenvalue weighted by atomic mass is 19.1. The molecule has 0 radical (unpaired) electrons. The molecule has 0 aliphatic heterocycles. The van der Waals surface area contributed by atoms with Gasteiger partial charge in [-0.15, -0.1) is 0 Å². The molecule has 0 saturated carbocycles. The average Bonchev–Trinajstić information content (AvgIpc) is 2.49. The van der Waals surface area contributed by atoms with Crippen LogP contribution < -0.4 is 15.8 Å². The van der Waals surface area contributed by atoms with Gasteiger partial charge in [-0.3, -0.25) is 4.79 Å². The summed E-state index contributed by atoms with van der Waals surface area (Å²) < 4.78 is 19.1. The highest BCUT2D eigenvalue weighted by Gasteiger charge is 2.12. The molecule has 21 heavy (non-hydrogen) atoms. The fourth-order valence-electron chi connectivity index (χ4n) is 1.81. The summed E-state index contributed by atoms with van der Waals surface area (Å²) >= 11 is 0. The molecular weight excluding hydrogens is 271 g/mol. The Morgan fingerprint density at radius 1 is 1.29 bits per heavy atom. The highest BCUT2D eigenvalue weighted by molar-refractivity contribution is 6.06. The number of nitrogens with two attached hydrogens (primary N) is 1.